The minimum absolute atomic E-state index is 0.314. The molecule has 4 nitrogen and oxygen atoms in total. The Hall–Kier alpha value is -0.160. The van der Waals surface area contributed by atoms with E-state index >= 15 is 0 Å². The molecule has 0 amide bonds. The first-order valence-electron chi connectivity index (χ1n) is 4.56. The molecular formula is C8H16N2O2. The fourth-order valence-corrected chi connectivity index (χ4v) is 2.01. The Kier molecular flexibility index (Phi) is 2.32. The molecule has 2 aliphatic rings. The summed E-state index contributed by atoms with van der Waals surface area (Å²) < 4.78 is 11.3. The van der Waals surface area contributed by atoms with Gasteiger partial charge in [0.2, 0.25) is 0 Å². The average Bonchev–Trinajstić information content (AvgIpc) is 2.55. The van der Waals surface area contributed by atoms with Crippen LogP contribution in [0.3, 0.4) is 0 Å². The Morgan fingerprint density at radius 3 is 2.83 bits per heavy atom. The van der Waals surface area contributed by atoms with Crippen molar-refractivity contribution in [2.24, 2.45) is 11.7 Å². The van der Waals surface area contributed by atoms with Crippen molar-refractivity contribution in [1.82, 2.24) is 5.32 Å². The Balaban J connectivity index is 2.07. The molecule has 0 aromatic rings. The summed E-state index contributed by atoms with van der Waals surface area (Å²) in [5.74, 6) is -0.0336. The van der Waals surface area contributed by atoms with Gasteiger partial charge in [-0.1, -0.05) is 0 Å². The third-order valence-electron chi connectivity index (χ3n) is 2.72. The molecule has 0 bridgehead atoms. The summed E-state index contributed by atoms with van der Waals surface area (Å²) in [4.78, 5) is 0. The van der Waals surface area contributed by atoms with Crippen LogP contribution in [-0.2, 0) is 9.47 Å². The van der Waals surface area contributed by atoms with E-state index in [-0.39, 0.29) is 5.79 Å². The predicted molar refractivity (Wildman–Crippen MR) is 44.7 cm³/mol. The Morgan fingerprint density at radius 2 is 2.17 bits per heavy atom. The molecule has 2 rings (SSSR count). The van der Waals surface area contributed by atoms with Crippen molar-refractivity contribution in [3.8, 4) is 0 Å². The highest BCUT2D eigenvalue weighted by Gasteiger charge is 2.44. The quantitative estimate of drug-likeness (QED) is 0.549. The molecule has 1 spiro atoms. The Labute approximate surface area is 72.4 Å². The number of nitrogens with two attached hydrogens (primary N) is 1. The molecule has 2 heterocycles. The highest BCUT2D eigenvalue weighted by Crippen LogP contribution is 2.32. The summed E-state index contributed by atoms with van der Waals surface area (Å²) in [5.41, 5.74) is 5.66. The molecule has 0 saturated carbocycles. The van der Waals surface area contributed by atoms with Gasteiger partial charge in [-0.3, -0.25) is 0 Å². The largest absolute Gasteiger partial charge is 0.347 e. The summed E-state index contributed by atoms with van der Waals surface area (Å²) in [6, 6.07) is 0. The first-order valence-corrected chi connectivity index (χ1v) is 4.56. The van der Waals surface area contributed by atoms with Crippen LogP contribution in [-0.4, -0.2) is 38.6 Å². The zero-order chi connectivity index (χ0) is 8.44. The summed E-state index contributed by atoms with van der Waals surface area (Å²) in [6.07, 6.45) is 0.925. The molecule has 2 saturated heterocycles. The highest BCUT2D eigenvalue weighted by atomic mass is 16.7. The van der Waals surface area contributed by atoms with Gasteiger partial charge in [0.1, 0.15) is 0 Å². The summed E-state index contributed by atoms with van der Waals surface area (Å²) in [7, 11) is 0. The first kappa shape index (κ1) is 8.44. The van der Waals surface area contributed by atoms with E-state index in [2.05, 4.69) is 5.32 Å². The van der Waals surface area contributed by atoms with Gasteiger partial charge in [-0.15, -0.1) is 0 Å². The van der Waals surface area contributed by atoms with Crippen molar-refractivity contribution in [3.05, 3.63) is 0 Å². The number of ether oxygens (including phenoxy) is 2. The van der Waals surface area contributed by atoms with Crippen LogP contribution in [0.4, 0.5) is 0 Å². The normalized spacial score (nSPS) is 34.2. The maximum absolute atomic E-state index is 5.66. The minimum atomic E-state index is -0.347. The molecule has 4 heteroatoms. The van der Waals surface area contributed by atoms with Crippen molar-refractivity contribution in [2.45, 2.75) is 12.2 Å². The first-order chi connectivity index (χ1) is 5.87. The molecule has 0 aromatic heterocycles. The maximum atomic E-state index is 5.66. The lowest BCUT2D eigenvalue weighted by Gasteiger charge is -2.38. The molecule has 0 aromatic carbocycles. The molecule has 2 fully saturated rings. The van der Waals surface area contributed by atoms with Crippen LogP contribution in [0.15, 0.2) is 0 Å². The number of nitrogens with one attached hydrogen (secondary N) is 1. The van der Waals surface area contributed by atoms with Crippen LogP contribution in [0.25, 0.3) is 0 Å². The molecule has 0 aliphatic carbocycles. The lowest BCUT2D eigenvalue weighted by molar-refractivity contribution is -0.204. The monoisotopic (exact) mass is 172 g/mol. The van der Waals surface area contributed by atoms with Gasteiger partial charge in [0.15, 0.2) is 5.79 Å². The van der Waals surface area contributed by atoms with Crippen LogP contribution in [0.5, 0.6) is 0 Å². The van der Waals surface area contributed by atoms with Gasteiger partial charge in [0, 0.05) is 32.0 Å². The van der Waals surface area contributed by atoms with Crippen molar-refractivity contribution >= 4 is 0 Å². The molecular weight excluding hydrogens is 156 g/mol. The van der Waals surface area contributed by atoms with Gasteiger partial charge in [-0.25, -0.2) is 0 Å². The smallest absolute Gasteiger partial charge is 0.174 e. The molecule has 3 N–H and O–H groups in total. The third-order valence-corrected chi connectivity index (χ3v) is 2.72. The second-order valence-corrected chi connectivity index (χ2v) is 3.40. The molecule has 70 valence electrons. The third kappa shape index (κ3) is 1.25. The standard InChI is InChI=1S/C8H16N2O2/c9-5-7-6-10-2-1-8(7)11-3-4-12-8/h7,10H,1-6,9H2. The van der Waals surface area contributed by atoms with Crippen LogP contribution in [0, 0.1) is 5.92 Å². The van der Waals surface area contributed by atoms with E-state index in [1.54, 1.807) is 0 Å². The number of piperidine rings is 1. The van der Waals surface area contributed by atoms with Gasteiger partial charge < -0.3 is 20.5 Å². The fourth-order valence-electron chi connectivity index (χ4n) is 2.01. The summed E-state index contributed by atoms with van der Waals surface area (Å²) in [6.45, 7) is 3.95. The van der Waals surface area contributed by atoms with Gasteiger partial charge in [0.05, 0.1) is 13.2 Å². The highest BCUT2D eigenvalue weighted by molar-refractivity contribution is 4.89. The van der Waals surface area contributed by atoms with Crippen molar-refractivity contribution in [2.75, 3.05) is 32.8 Å². The van der Waals surface area contributed by atoms with E-state index in [9.17, 15) is 0 Å². The summed E-state index contributed by atoms with van der Waals surface area (Å²) >= 11 is 0. The van der Waals surface area contributed by atoms with Gasteiger partial charge in [-0.2, -0.15) is 0 Å². The van der Waals surface area contributed by atoms with E-state index < -0.39 is 0 Å². The van der Waals surface area contributed by atoms with Crippen molar-refractivity contribution in [3.63, 3.8) is 0 Å². The molecule has 0 radical (unpaired) electrons. The average molecular weight is 172 g/mol. The second kappa shape index (κ2) is 3.30. The van der Waals surface area contributed by atoms with Crippen LogP contribution >= 0.6 is 0 Å². The van der Waals surface area contributed by atoms with Gasteiger partial charge in [-0.05, 0) is 0 Å². The van der Waals surface area contributed by atoms with E-state index in [0.29, 0.717) is 12.5 Å². The van der Waals surface area contributed by atoms with E-state index in [0.717, 1.165) is 32.7 Å². The van der Waals surface area contributed by atoms with E-state index in [4.69, 9.17) is 15.2 Å². The van der Waals surface area contributed by atoms with Crippen LogP contribution < -0.4 is 11.1 Å². The fraction of sp³-hybridized carbons (Fsp3) is 1.00. The van der Waals surface area contributed by atoms with Crippen LogP contribution in [0.2, 0.25) is 0 Å². The van der Waals surface area contributed by atoms with Crippen molar-refractivity contribution < 1.29 is 9.47 Å². The Morgan fingerprint density at radius 1 is 1.42 bits per heavy atom. The number of hydrogen-bond acceptors (Lipinski definition) is 4. The lowest BCUT2D eigenvalue weighted by atomic mass is 9.92. The summed E-state index contributed by atoms with van der Waals surface area (Å²) in [5, 5.41) is 3.30. The maximum Gasteiger partial charge on any atom is 0.174 e. The van der Waals surface area contributed by atoms with E-state index in [1.165, 1.54) is 0 Å². The Bertz CT molecular complexity index is 157. The zero-order valence-electron chi connectivity index (χ0n) is 7.21. The van der Waals surface area contributed by atoms with Crippen molar-refractivity contribution in [1.29, 1.82) is 0 Å². The predicted octanol–water partition coefficient (Wildman–Crippen LogP) is -0.702. The van der Waals surface area contributed by atoms with Gasteiger partial charge >= 0.3 is 0 Å². The number of rotatable bonds is 1. The van der Waals surface area contributed by atoms with Crippen LogP contribution in [0.1, 0.15) is 6.42 Å². The second-order valence-electron chi connectivity index (χ2n) is 3.40. The zero-order valence-corrected chi connectivity index (χ0v) is 7.21. The molecule has 1 unspecified atom stereocenters. The molecule has 12 heavy (non-hydrogen) atoms. The molecule has 1 atom stereocenters. The van der Waals surface area contributed by atoms with Gasteiger partial charge in [0.25, 0.3) is 0 Å². The molecule has 2 aliphatic heterocycles. The van der Waals surface area contributed by atoms with E-state index in [1.807, 2.05) is 0 Å². The number of hydrogen-bond donors (Lipinski definition) is 2. The SMILES string of the molecule is NCC1CNCCC12OCCO2. The topological polar surface area (TPSA) is 56.5 Å². The minimum Gasteiger partial charge on any atom is -0.347 e. The lowest BCUT2D eigenvalue weighted by Crippen LogP contribution is -2.53.